The number of H-pyrrole nitrogens is 1. The van der Waals surface area contributed by atoms with Gasteiger partial charge in [0.2, 0.25) is 5.91 Å². The molecule has 2 aliphatic heterocycles. The Hall–Kier alpha value is -6.31. The number of aromatic amines is 1. The topological polar surface area (TPSA) is 180 Å². The highest BCUT2D eigenvalue weighted by Gasteiger charge is 2.34. The van der Waals surface area contributed by atoms with Gasteiger partial charge in [0, 0.05) is 88.9 Å². The summed E-state index contributed by atoms with van der Waals surface area (Å²) in [5, 5.41) is 16.1. The van der Waals surface area contributed by atoms with Crippen LogP contribution in [-0.2, 0) is 25.5 Å². The molecule has 0 unspecified atom stereocenters. The maximum absolute atomic E-state index is 14.1. The number of anilines is 2. The van der Waals surface area contributed by atoms with Crippen molar-refractivity contribution in [1.82, 2.24) is 19.8 Å². The van der Waals surface area contributed by atoms with Gasteiger partial charge in [0.25, 0.3) is 5.69 Å². The van der Waals surface area contributed by atoms with E-state index in [-0.39, 0.29) is 45.7 Å². The second-order valence-electron chi connectivity index (χ2n) is 19.3. The molecule has 3 aromatic carbocycles. The number of aromatic nitrogens is 2. The lowest BCUT2D eigenvalue weighted by molar-refractivity contribution is -0.384. The number of piperidine rings is 1. The molecule has 70 heavy (non-hydrogen) atoms. The van der Waals surface area contributed by atoms with Crippen molar-refractivity contribution in [3.05, 3.63) is 117 Å². The first-order valence-electron chi connectivity index (χ1n) is 23.4. The van der Waals surface area contributed by atoms with Gasteiger partial charge in [-0.1, -0.05) is 25.5 Å². The summed E-state index contributed by atoms with van der Waals surface area (Å²) < 4.78 is 79.8. The number of carbonyl (C=O) groups is 2. The van der Waals surface area contributed by atoms with Gasteiger partial charge in [0.1, 0.15) is 35.2 Å². The molecule has 0 atom stereocenters. The zero-order chi connectivity index (χ0) is 50.0. The lowest BCUT2D eigenvalue weighted by atomic mass is 9.72. The van der Waals surface area contributed by atoms with E-state index < -0.39 is 43.7 Å². The monoisotopic (exact) mass is 985 g/mol. The van der Waals surface area contributed by atoms with Crippen LogP contribution in [0.15, 0.2) is 89.6 Å². The van der Waals surface area contributed by atoms with E-state index >= 15 is 0 Å². The number of likely N-dealkylation sites (tertiary alicyclic amines) is 1. The first-order chi connectivity index (χ1) is 33.3. The molecule has 0 radical (unpaired) electrons. The molecule has 2 saturated heterocycles. The molecule has 2 N–H and O–H groups in total. The summed E-state index contributed by atoms with van der Waals surface area (Å²) in [5.41, 5.74) is 4.24. The highest BCUT2D eigenvalue weighted by Crippen LogP contribution is 2.45. The van der Waals surface area contributed by atoms with Crippen LogP contribution in [0.4, 0.5) is 30.2 Å². The Labute approximate surface area is 405 Å². The molecule has 372 valence electrons. The molecule has 5 aromatic rings. The molecule has 15 nitrogen and oxygen atoms in total. The average molecular weight is 986 g/mol. The number of benzene rings is 3. The molecule has 3 aliphatic rings. The second-order valence-corrected chi connectivity index (χ2v) is 21.3. The number of pyridine rings is 1. The smallest absolute Gasteiger partial charge is 0.416 e. The number of Topliss-reactive ketones (excluding diaryl/α,β-unsaturated/α-hetero) is 1. The third-order valence-corrected chi connectivity index (χ3v) is 15.4. The number of ether oxygens (including phenoxy) is 2. The van der Waals surface area contributed by atoms with Crippen molar-refractivity contribution in [1.29, 1.82) is 0 Å². The molecule has 4 heterocycles. The normalized spacial score (nSPS) is 17.2. The van der Waals surface area contributed by atoms with Gasteiger partial charge in [-0.05, 0) is 116 Å². The van der Waals surface area contributed by atoms with Crippen molar-refractivity contribution in [3.63, 3.8) is 0 Å². The van der Waals surface area contributed by atoms with Gasteiger partial charge < -0.3 is 29.6 Å². The predicted octanol–water partition coefficient (Wildman–Crippen LogP) is 9.33. The molecule has 0 bridgehead atoms. The molecule has 0 saturated carbocycles. The van der Waals surface area contributed by atoms with Crippen LogP contribution in [0.3, 0.4) is 0 Å². The fourth-order valence-electron chi connectivity index (χ4n) is 9.72. The number of sulfone groups is 1. The van der Waals surface area contributed by atoms with Crippen LogP contribution in [0.5, 0.6) is 11.5 Å². The van der Waals surface area contributed by atoms with Crippen molar-refractivity contribution >= 4 is 55.2 Å². The Bertz CT molecular complexity index is 2920. The fraction of sp³-hybridized carbons (Fsp3) is 0.431. The molecule has 2 fully saturated rings. The van der Waals surface area contributed by atoms with E-state index in [0.29, 0.717) is 82.2 Å². The molecular formula is C51H58F3N7O8S. The van der Waals surface area contributed by atoms with E-state index in [4.69, 9.17) is 9.47 Å². The van der Waals surface area contributed by atoms with E-state index in [1.165, 1.54) is 49.2 Å². The van der Waals surface area contributed by atoms with Gasteiger partial charge in [-0.2, -0.15) is 13.2 Å². The van der Waals surface area contributed by atoms with Crippen LogP contribution >= 0.6 is 0 Å². The van der Waals surface area contributed by atoms with E-state index in [0.717, 1.165) is 47.5 Å². The van der Waals surface area contributed by atoms with Crippen LogP contribution in [0.2, 0.25) is 0 Å². The van der Waals surface area contributed by atoms with Gasteiger partial charge in [0.15, 0.2) is 15.6 Å². The van der Waals surface area contributed by atoms with Crippen LogP contribution in [-0.4, -0.2) is 117 Å². The predicted molar refractivity (Wildman–Crippen MR) is 261 cm³/mol. The molecule has 0 spiro atoms. The van der Waals surface area contributed by atoms with Crippen LogP contribution < -0.4 is 15.0 Å². The third kappa shape index (κ3) is 11.6. The first-order valence-corrected chi connectivity index (χ1v) is 25.1. The SMILES string of the molecule is COCC(=O)N1CCC(CNc2ccc(S(=O)(=O)CC(=O)c3ccc(N4CCN(CC5=C(c6ccc(C(F)(F)F)cc6C)CC(C)(C)CC5)CC4)cc3Oc3cnc4[nH]ccc4c3)cc2[N+](=O)[O-])CC1. The number of nitro benzene ring substituents is 1. The van der Waals surface area contributed by atoms with E-state index in [1.807, 2.05) is 6.07 Å². The summed E-state index contributed by atoms with van der Waals surface area (Å²) in [6.45, 7) is 10.9. The van der Waals surface area contributed by atoms with Gasteiger partial charge in [-0.15, -0.1) is 0 Å². The number of piperazine rings is 1. The number of nitrogens with zero attached hydrogens (tertiary/aromatic N) is 5. The minimum atomic E-state index is -4.42. The highest BCUT2D eigenvalue weighted by molar-refractivity contribution is 7.92. The number of fused-ring (bicyclic) bond motifs is 1. The Kier molecular flexibility index (Phi) is 14.7. The number of allylic oxidation sites excluding steroid dienone is 1. The number of ketones is 1. The first kappa shape index (κ1) is 50.1. The summed E-state index contributed by atoms with van der Waals surface area (Å²) in [4.78, 5) is 51.2. The molecule has 1 amide bonds. The van der Waals surface area contributed by atoms with Gasteiger partial charge >= 0.3 is 6.18 Å². The molecule has 2 aromatic heterocycles. The molecule has 1 aliphatic carbocycles. The number of halogens is 3. The van der Waals surface area contributed by atoms with Crippen LogP contribution in [0.1, 0.15) is 73.0 Å². The quantitative estimate of drug-likeness (QED) is 0.0544. The largest absolute Gasteiger partial charge is 0.455 e. The van der Waals surface area contributed by atoms with Crippen molar-refractivity contribution in [3.8, 4) is 11.5 Å². The van der Waals surface area contributed by atoms with Crippen molar-refractivity contribution in [2.75, 3.05) is 82.0 Å². The van der Waals surface area contributed by atoms with Gasteiger partial charge in [-0.3, -0.25) is 24.6 Å². The third-order valence-electron chi connectivity index (χ3n) is 13.7. The number of aryl methyl sites for hydroxylation is 1. The Balaban J connectivity index is 0.978. The van der Waals surface area contributed by atoms with Crippen LogP contribution in [0.25, 0.3) is 16.6 Å². The van der Waals surface area contributed by atoms with Crippen molar-refractivity contribution in [2.24, 2.45) is 11.3 Å². The van der Waals surface area contributed by atoms with Crippen LogP contribution in [0, 0.1) is 28.4 Å². The zero-order valence-electron chi connectivity index (χ0n) is 39.7. The molecular weight excluding hydrogens is 928 g/mol. The summed E-state index contributed by atoms with van der Waals surface area (Å²) in [5.74, 6) is -1.30. The maximum atomic E-state index is 14.1. The Morgan fingerprint density at radius 1 is 0.986 bits per heavy atom. The maximum Gasteiger partial charge on any atom is 0.416 e. The number of nitrogens with one attached hydrogen (secondary N) is 2. The van der Waals surface area contributed by atoms with Gasteiger partial charge in [-0.25, -0.2) is 13.4 Å². The number of hydrogen-bond donors (Lipinski definition) is 2. The van der Waals surface area contributed by atoms with Crippen molar-refractivity contribution in [2.45, 2.75) is 63.9 Å². The standard InChI is InChI=1S/C51H58F3N7O8S/c1-33-23-37(51(52,53)54)5-8-41(33)43-27-50(2,3)15-11-36(43)30-58-19-21-59(22-20-58)38-6-9-42(47(25-38)69-39-24-35-12-16-55-49(35)57-29-39)46(62)32-70(66,67)40-7-10-44(45(26-40)61(64)65)56-28-34-13-17-60(18-14-34)48(63)31-68-4/h5-10,12,16,23-26,29,34,56H,11,13-15,17-22,27-28,30-32H2,1-4H3,(H,55,57). The summed E-state index contributed by atoms with van der Waals surface area (Å²) in [6, 6.07) is 16.2. The number of methoxy groups -OCH3 is 1. The van der Waals surface area contributed by atoms with E-state index in [2.05, 4.69) is 38.9 Å². The van der Waals surface area contributed by atoms with Crippen molar-refractivity contribution < 1.29 is 45.6 Å². The number of nitro groups is 1. The van der Waals surface area contributed by atoms with E-state index in [9.17, 15) is 41.3 Å². The zero-order valence-corrected chi connectivity index (χ0v) is 40.6. The minimum absolute atomic E-state index is 0.00105. The Morgan fingerprint density at radius 2 is 1.74 bits per heavy atom. The number of alkyl halides is 3. The minimum Gasteiger partial charge on any atom is -0.455 e. The lowest BCUT2D eigenvalue weighted by Gasteiger charge is -2.39. The fourth-order valence-corrected chi connectivity index (χ4v) is 11.0. The highest BCUT2D eigenvalue weighted by atomic mass is 32.2. The lowest BCUT2D eigenvalue weighted by Crippen LogP contribution is -2.47. The summed E-state index contributed by atoms with van der Waals surface area (Å²) in [7, 11) is -2.94. The number of hydrogen-bond acceptors (Lipinski definition) is 12. The average Bonchev–Trinajstić information content (AvgIpc) is 3.79. The van der Waals surface area contributed by atoms with E-state index in [1.54, 1.807) is 42.3 Å². The summed E-state index contributed by atoms with van der Waals surface area (Å²) in [6.07, 6.45) is 2.76. The number of rotatable bonds is 16. The second kappa shape index (κ2) is 20.6. The molecule has 19 heteroatoms. The Morgan fingerprint density at radius 3 is 2.44 bits per heavy atom. The summed E-state index contributed by atoms with van der Waals surface area (Å²) >= 11 is 0. The number of carbonyl (C=O) groups excluding carboxylic acids is 2. The van der Waals surface area contributed by atoms with Gasteiger partial charge in [0.05, 0.1) is 27.1 Å². The molecule has 8 rings (SSSR count). The number of amides is 1.